The Hall–Kier alpha value is -3.06. The third-order valence-electron chi connectivity index (χ3n) is 5.24. The van der Waals surface area contributed by atoms with E-state index in [2.05, 4.69) is 10.6 Å². The maximum absolute atomic E-state index is 12.4. The molecule has 1 unspecified atom stereocenters. The summed E-state index contributed by atoms with van der Waals surface area (Å²) in [7, 11) is 0. The number of amides is 3. The lowest BCUT2D eigenvalue weighted by molar-refractivity contribution is -0.126. The van der Waals surface area contributed by atoms with Gasteiger partial charge in [0, 0.05) is 35.9 Å². The van der Waals surface area contributed by atoms with Gasteiger partial charge < -0.3 is 20.3 Å². The number of hydrogen-bond donors (Lipinski definition) is 2. The standard InChI is InChI=1S/C24H28ClN3O4/c1-15(2)12-26-24(31)17-11-23(30)28(13-17)18-7-9-19(10-8-18)32-14-22(29)27-21-6-4-5-20(25)16(21)3/h4-10,15,17H,11-14H2,1-3H3,(H,26,31)(H,27,29). The predicted molar refractivity (Wildman–Crippen MR) is 125 cm³/mol. The predicted octanol–water partition coefficient (Wildman–Crippen LogP) is 3.79. The Morgan fingerprint density at radius 1 is 1.19 bits per heavy atom. The molecule has 1 aliphatic heterocycles. The van der Waals surface area contributed by atoms with Gasteiger partial charge in [0.15, 0.2) is 6.61 Å². The monoisotopic (exact) mass is 457 g/mol. The van der Waals surface area contributed by atoms with Crippen LogP contribution in [0.1, 0.15) is 25.8 Å². The summed E-state index contributed by atoms with van der Waals surface area (Å²) in [6.45, 7) is 6.67. The van der Waals surface area contributed by atoms with Crippen molar-refractivity contribution in [3.05, 3.63) is 53.1 Å². The largest absolute Gasteiger partial charge is 0.484 e. The fourth-order valence-corrected chi connectivity index (χ4v) is 3.56. The van der Waals surface area contributed by atoms with Gasteiger partial charge in [-0.25, -0.2) is 0 Å². The van der Waals surface area contributed by atoms with Crippen molar-refractivity contribution in [2.75, 3.05) is 29.9 Å². The highest BCUT2D eigenvalue weighted by atomic mass is 35.5. The SMILES string of the molecule is Cc1c(Cl)cccc1NC(=O)COc1ccc(N2CC(C(=O)NCC(C)C)CC2=O)cc1. The highest BCUT2D eigenvalue weighted by Crippen LogP contribution is 2.27. The average molecular weight is 458 g/mol. The first-order valence-electron chi connectivity index (χ1n) is 10.6. The summed E-state index contributed by atoms with van der Waals surface area (Å²) >= 11 is 6.07. The maximum atomic E-state index is 12.4. The Kier molecular flexibility index (Phi) is 7.75. The summed E-state index contributed by atoms with van der Waals surface area (Å²) in [5.74, 6) is 0.0382. The minimum absolute atomic E-state index is 0.0837. The summed E-state index contributed by atoms with van der Waals surface area (Å²) in [5.41, 5.74) is 2.12. The van der Waals surface area contributed by atoms with Crippen molar-refractivity contribution in [2.45, 2.75) is 27.2 Å². The molecule has 2 N–H and O–H groups in total. The molecule has 32 heavy (non-hydrogen) atoms. The highest BCUT2D eigenvalue weighted by molar-refractivity contribution is 6.31. The molecular formula is C24H28ClN3O4. The molecule has 1 heterocycles. The van der Waals surface area contributed by atoms with Gasteiger partial charge in [0.05, 0.1) is 5.92 Å². The van der Waals surface area contributed by atoms with Crippen LogP contribution in [0.2, 0.25) is 5.02 Å². The normalized spacial score (nSPS) is 15.7. The molecular weight excluding hydrogens is 430 g/mol. The molecule has 3 rings (SSSR count). The van der Waals surface area contributed by atoms with E-state index in [0.717, 1.165) is 5.56 Å². The van der Waals surface area contributed by atoms with Crippen molar-refractivity contribution in [1.29, 1.82) is 0 Å². The second-order valence-corrected chi connectivity index (χ2v) is 8.69. The minimum Gasteiger partial charge on any atom is -0.484 e. The van der Waals surface area contributed by atoms with Crippen LogP contribution in [0.3, 0.4) is 0 Å². The Bertz CT molecular complexity index is 991. The fraction of sp³-hybridized carbons (Fsp3) is 0.375. The number of nitrogens with one attached hydrogen (secondary N) is 2. The molecule has 0 aliphatic carbocycles. The van der Waals surface area contributed by atoms with E-state index in [-0.39, 0.29) is 36.7 Å². The summed E-state index contributed by atoms with van der Waals surface area (Å²) in [5, 5.41) is 6.25. The van der Waals surface area contributed by atoms with E-state index in [1.54, 1.807) is 47.4 Å². The Morgan fingerprint density at radius 3 is 2.59 bits per heavy atom. The van der Waals surface area contributed by atoms with Crippen LogP contribution in [0.4, 0.5) is 11.4 Å². The summed E-state index contributed by atoms with van der Waals surface area (Å²) < 4.78 is 5.56. The van der Waals surface area contributed by atoms with Crippen LogP contribution < -0.4 is 20.3 Å². The van der Waals surface area contributed by atoms with Crippen molar-refractivity contribution in [3.8, 4) is 5.75 Å². The average Bonchev–Trinajstić information content (AvgIpc) is 3.16. The molecule has 0 saturated carbocycles. The van der Waals surface area contributed by atoms with Crippen molar-refractivity contribution in [2.24, 2.45) is 11.8 Å². The summed E-state index contributed by atoms with van der Waals surface area (Å²) in [6.07, 6.45) is 0.200. The first kappa shape index (κ1) is 23.6. The molecule has 1 fully saturated rings. The number of nitrogens with zero attached hydrogens (tertiary/aromatic N) is 1. The lowest BCUT2D eigenvalue weighted by Gasteiger charge is -2.17. The summed E-state index contributed by atoms with van der Waals surface area (Å²) in [6, 6.07) is 12.2. The number of halogens is 1. The molecule has 1 atom stereocenters. The molecule has 0 bridgehead atoms. The van der Waals surface area contributed by atoms with Crippen LogP contribution >= 0.6 is 11.6 Å². The summed E-state index contributed by atoms with van der Waals surface area (Å²) in [4.78, 5) is 38.5. The van der Waals surface area contributed by atoms with Crippen LogP contribution in [-0.2, 0) is 14.4 Å². The smallest absolute Gasteiger partial charge is 0.262 e. The van der Waals surface area contributed by atoms with Crippen molar-refractivity contribution in [1.82, 2.24) is 5.32 Å². The fourth-order valence-electron chi connectivity index (χ4n) is 3.38. The number of rotatable bonds is 8. The van der Waals surface area contributed by atoms with E-state index in [1.807, 2.05) is 20.8 Å². The van der Waals surface area contributed by atoms with Gasteiger partial charge in [0.25, 0.3) is 5.91 Å². The van der Waals surface area contributed by atoms with E-state index in [9.17, 15) is 14.4 Å². The van der Waals surface area contributed by atoms with E-state index >= 15 is 0 Å². The third kappa shape index (κ3) is 6.01. The zero-order valence-electron chi connectivity index (χ0n) is 18.5. The maximum Gasteiger partial charge on any atom is 0.262 e. The van der Waals surface area contributed by atoms with Crippen molar-refractivity contribution >= 4 is 40.7 Å². The number of carbonyl (C=O) groups is 3. The second-order valence-electron chi connectivity index (χ2n) is 8.29. The lowest BCUT2D eigenvalue weighted by Crippen LogP contribution is -2.35. The Morgan fingerprint density at radius 2 is 1.91 bits per heavy atom. The van der Waals surface area contributed by atoms with Crippen molar-refractivity contribution in [3.63, 3.8) is 0 Å². The van der Waals surface area contributed by atoms with Gasteiger partial charge in [-0.2, -0.15) is 0 Å². The molecule has 0 radical (unpaired) electrons. The number of carbonyl (C=O) groups excluding carboxylic acids is 3. The van der Waals surface area contributed by atoms with E-state index in [4.69, 9.17) is 16.3 Å². The van der Waals surface area contributed by atoms with Gasteiger partial charge in [-0.3, -0.25) is 14.4 Å². The van der Waals surface area contributed by atoms with Crippen LogP contribution in [-0.4, -0.2) is 37.4 Å². The molecule has 1 saturated heterocycles. The first-order valence-corrected chi connectivity index (χ1v) is 11.0. The Balaban J connectivity index is 1.52. The van der Waals surface area contributed by atoms with Crippen LogP contribution in [0, 0.1) is 18.8 Å². The Labute approximate surface area is 193 Å². The quantitative estimate of drug-likeness (QED) is 0.631. The molecule has 0 spiro atoms. The minimum atomic E-state index is -0.351. The highest BCUT2D eigenvalue weighted by Gasteiger charge is 2.35. The molecule has 8 heteroatoms. The van der Waals surface area contributed by atoms with E-state index in [1.165, 1.54) is 0 Å². The number of anilines is 2. The van der Waals surface area contributed by atoms with E-state index < -0.39 is 0 Å². The molecule has 0 aromatic heterocycles. The number of ether oxygens (including phenoxy) is 1. The van der Waals surface area contributed by atoms with E-state index in [0.29, 0.717) is 41.2 Å². The third-order valence-corrected chi connectivity index (χ3v) is 5.65. The lowest BCUT2D eigenvalue weighted by atomic mass is 10.1. The molecule has 2 aromatic rings. The van der Waals surface area contributed by atoms with Gasteiger partial charge in [0.1, 0.15) is 5.75 Å². The molecule has 2 aromatic carbocycles. The van der Waals surface area contributed by atoms with Crippen molar-refractivity contribution < 1.29 is 19.1 Å². The van der Waals surface area contributed by atoms with Crippen LogP contribution in [0.15, 0.2) is 42.5 Å². The second kappa shape index (κ2) is 10.5. The molecule has 7 nitrogen and oxygen atoms in total. The molecule has 1 aliphatic rings. The van der Waals surface area contributed by atoms with Crippen LogP contribution in [0.5, 0.6) is 5.75 Å². The van der Waals surface area contributed by atoms with Gasteiger partial charge >= 0.3 is 0 Å². The molecule has 3 amide bonds. The zero-order chi connectivity index (χ0) is 23.3. The zero-order valence-corrected chi connectivity index (χ0v) is 19.2. The topological polar surface area (TPSA) is 87.7 Å². The van der Waals surface area contributed by atoms with Gasteiger partial charge in [-0.05, 0) is 54.8 Å². The van der Waals surface area contributed by atoms with Gasteiger partial charge in [-0.1, -0.05) is 31.5 Å². The van der Waals surface area contributed by atoms with Gasteiger partial charge in [0.2, 0.25) is 11.8 Å². The molecule has 170 valence electrons. The number of hydrogen-bond acceptors (Lipinski definition) is 4. The first-order chi connectivity index (χ1) is 15.2. The van der Waals surface area contributed by atoms with Crippen LogP contribution in [0.25, 0.3) is 0 Å². The van der Waals surface area contributed by atoms with Gasteiger partial charge in [-0.15, -0.1) is 0 Å². The number of benzene rings is 2.